The van der Waals surface area contributed by atoms with Crippen molar-refractivity contribution in [1.82, 2.24) is 9.97 Å². The molecule has 0 aliphatic rings. The van der Waals surface area contributed by atoms with Gasteiger partial charge >= 0.3 is 0 Å². The Morgan fingerprint density at radius 2 is 2.00 bits per heavy atom. The minimum Gasteiger partial charge on any atom is -0.337 e. The Hall–Kier alpha value is -0.910. The molecule has 0 spiro atoms. The average Bonchev–Trinajstić information content (AvgIpc) is 2.79. The minimum absolute atomic E-state index is 0.726. The quantitative estimate of drug-likeness (QED) is 0.608. The number of H-pyrrole nitrogens is 1. The molecule has 0 aliphatic carbocycles. The molecule has 102 valence electrons. The molecule has 1 heterocycles. The summed E-state index contributed by atoms with van der Waals surface area (Å²) in [6.45, 7) is 2.81. The van der Waals surface area contributed by atoms with Gasteiger partial charge in [0.1, 0.15) is 0 Å². The van der Waals surface area contributed by atoms with Gasteiger partial charge in [0.05, 0.1) is 5.69 Å². The summed E-state index contributed by atoms with van der Waals surface area (Å²) in [6.07, 6.45) is 0. The zero-order chi connectivity index (χ0) is 13.5. The molecule has 19 heavy (non-hydrogen) atoms. The first kappa shape index (κ1) is 14.5. The second-order valence-electron chi connectivity index (χ2n) is 4.23. The molecule has 1 aromatic heterocycles. The Kier molecular flexibility index (Phi) is 5.82. The molecule has 2 rings (SSSR count). The smallest absolute Gasteiger partial charge is 0.166 e. The van der Waals surface area contributed by atoms with Crippen molar-refractivity contribution >= 4 is 23.5 Å². The number of hydrogen-bond acceptors (Lipinski definition) is 4. The van der Waals surface area contributed by atoms with Crippen molar-refractivity contribution in [2.75, 3.05) is 12.3 Å². The third kappa shape index (κ3) is 4.60. The Morgan fingerprint density at radius 1 is 1.21 bits per heavy atom. The van der Waals surface area contributed by atoms with Crippen molar-refractivity contribution in [3.8, 4) is 0 Å². The lowest BCUT2D eigenvalue weighted by molar-refractivity contribution is 1.03. The average molecular weight is 293 g/mol. The van der Waals surface area contributed by atoms with E-state index in [0.717, 1.165) is 34.7 Å². The van der Waals surface area contributed by atoms with Crippen LogP contribution in [-0.4, -0.2) is 22.3 Å². The molecule has 3 N–H and O–H groups in total. The maximum Gasteiger partial charge on any atom is 0.166 e. The number of rotatable bonds is 7. The van der Waals surface area contributed by atoms with E-state index in [2.05, 4.69) is 41.2 Å². The maximum atomic E-state index is 5.49. The number of aryl methyl sites for hydroxylation is 1. The zero-order valence-electron chi connectivity index (χ0n) is 11.1. The van der Waals surface area contributed by atoms with Gasteiger partial charge < -0.3 is 10.7 Å². The lowest BCUT2D eigenvalue weighted by atomic mass is 10.2. The number of benzene rings is 1. The molecule has 0 unspecified atom stereocenters. The van der Waals surface area contributed by atoms with E-state index in [4.69, 9.17) is 5.73 Å². The molecular formula is C14H19N3S2. The van der Waals surface area contributed by atoms with Gasteiger partial charge in [0.2, 0.25) is 0 Å². The zero-order valence-corrected chi connectivity index (χ0v) is 12.7. The molecule has 0 radical (unpaired) electrons. The Balaban J connectivity index is 1.89. The number of nitrogens with two attached hydrogens (primary N) is 1. The van der Waals surface area contributed by atoms with E-state index in [1.807, 2.05) is 17.8 Å². The molecule has 0 saturated carbocycles. The molecule has 3 nitrogen and oxygen atoms in total. The highest BCUT2D eigenvalue weighted by atomic mass is 32.2. The fraction of sp³-hybridized carbons (Fsp3) is 0.357. The predicted octanol–water partition coefficient (Wildman–Crippen LogP) is 3.20. The van der Waals surface area contributed by atoms with E-state index in [1.165, 1.54) is 11.3 Å². The first-order valence-electron chi connectivity index (χ1n) is 6.29. The van der Waals surface area contributed by atoms with Gasteiger partial charge in [0.25, 0.3) is 0 Å². The summed E-state index contributed by atoms with van der Waals surface area (Å²) in [4.78, 5) is 7.99. The summed E-state index contributed by atoms with van der Waals surface area (Å²) in [5.74, 6) is 2.87. The third-order valence-corrected chi connectivity index (χ3v) is 4.63. The lowest BCUT2D eigenvalue weighted by Crippen LogP contribution is -2.01. The van der Waals surface area contributed by atoms with Crippen molar-refractivity contribution in [2.24, 2.45) is 5.73 Å². The van der Waals surface area contributed by atoms with Gasteiger partial charge in [-0.05, 0) is 12.5 Å². The maximum absolute atomic E-state index is 5.49. The molecule has 0 atom stereocenters. The van der Waals surface area contributed by atoms with E-state index in [-0.39, 0.29) is 0 Å². The largest absolute Gasteiger partial charge is 0.337 e. The predicted molar refractivity (Wildman–Crippen MR) is 84.5 cm³/mol. The number of hydrogen-bond donors (Lipinski definition) is 2. The van der Waals surface area contributed by atoms with Gasteiger partial charge in [-0.2, -0.15) is 11.8 Å². The van der Waals surface area contributed by atoms with Gasteiger partial charge in [0, 0.05) is 29.5 Å². The van der Waals surface area contributed by atoms with Crippen LogP contribution in [0.15, 0.2) is 35.5 Å². The monoisotopic (exact) mass is 293 g/mol. The van der Waals surface area contributed by atoms with Crippen LogP contribution in [0.4, 0.5) is 0 Å². The van der Waals surface area contributed by atoms with Crippen LogP contribution < -0.4 is 5.73 Å². The molecule has 0 amide bonds. The van der Waals surface area contributed by atoms with Gasteiger partial charge in [-0.3, -0.25) is 0 Å². The van der Waals surface area contributed by atoms with E-state index in [0.29, 0.717) is 0 Å². The van der Waals surface area contributed by atoms with E-state index in [9.17, 15) is 0 Å². The highest BCUT2D eigenvalue weighted by Gasteiger charge is 2.07. The topological polar surface area (TPSA) is 54.7 Å². The first-order chi connectivity index (χ1) is 9.29. The second-order valence-corrected chi connectivity index (χ2v) is 6.30. The van der Waals surface area contributed by atoms with Gasteiger partial charge in [-0.15, -0.1) is 0 Å². The summed E-state index contributed by atoms with van der Waals surface area (Å²) in [5.41, 5.74) is 9.13. The standard InChI is InChI=1S/C14H19N3S2/c1-11-13(10-18-8-7-15)17-14(16-11)19-9-12-5-3-2-4-6-12/h2-6H,7-10,15H2,1H3,(H,16,17). The normalized spacial score (nSPS) is 10.8. The summed E-state index contributed by atoms with van der Waals surface area (Å²) < 4.78 is 0. The van der Waals surface area contributed by atoms with Crippen molar-refractivity contribution in [3.63, 3.8) is 0 Å². The Labute approximate surface area is 122 Å². The second kappa shape index (κ2) is 7.62. The van der Waals surface area contributed by atoms with E-state index >= 15 is 0 Å². The van der Waals surface area contributed by atoms with Crippen LogP contribution in [0.5, 0.6) is 0 Å². The fourth-order valence-corrected chi connectivity index (χ4v) is 3.34. The number of thioether (sulfide) groups is 2. The SMILES string of the molecule is Cc1[nH]c(SCc2ccccc2)nc1CSCCN. The van der Waals surface area contributed by atoms with E-state index in [1.54, 1.807) is 11.8 Å². The minimum atomic E-state index is 0.726. The van der Waals surface area contributed by atoms with Crippen LogP contribution in [0.1, 0.15) is 17.0 Å². The van der Waals surface area contributed by atoms with Crippen molar-refractivity contribution in [3.05, 3.63) is 47.3 Å². The number of aromatic amines is 1. The molecule has 0 bridgehead atoms. The van der Waals surface area contributed by atoms with Crippen LogP contribution in [0.3, 0.4) is 0 Å². The molecular weight excluding hydrogens is 274 g/mol. The third-order valence-electron chi connectivity index (χ3n) is 2.68. The van der Waals surface area contributed by atoms with Gasteiger partial charge in [-0.25, -0.2) is 4.98 Å². The first-order valence-corrected chi connectivity index (χ1v) is 8.43. The summed E-state index contributed by atoms with van der Waals surface area (Å²) in [7, 11) is 0. The van der Waals surface area contributed by atoms with Crippen LogP contribution in [0.2, 0.25) is 0 Å². The van der Waals surface area contributed by atoms with Crippen LogP contribution in [0, 0.1) is 6.92 Å². The van der Waals surface area contributed by atoms with E-state index < -0.39 is 0 Å². The fourth-order valence-electron chi connectivity index (χ4n) is 1.65. The number of nitrogens with one attached hydrogen (secondary N) is 1. The Bertz CT molecular complexity index is 497. The van der Waals surface area contributed by atoms with Crippen molar-refractivity contribution < 1.29 is 0 Å². The summed E-state index contributed by atoms with van der Waals surface area (Å²) in [6, 6.07) is 10.5. The summed E-state index contributed by atoms with van der Waals surface area (Å²) in [5, 5.41) is 1.00. The molecule has 0 saturated heterocycles. The molecule has 1 aromatic carbocycles. The highest BCUT2D eigenvalue weighted by molar-refractivity contribution is 7.98. The van der Waals surface area contributed by atoms with Crippen LogP contribution in [-0.2, 0) is 11.5 Å². The number of nitrogens with zero attached hydrogens (tertiary/aromatic N) is 1. The van der Waals surface area contributed by atoms with Crippen LogP contribution in [0.25, 0.3) is 0 Å². The number of imidazole rings is 1. The molecule has 0 fully saturated rings. The van der Waals surface area contributed by atoms with Crippen LogP contribution >= 0.6 is 23.5 Å². The molecule has 0 aliphatic heterocycles. The summed E-state index contributed by atoms with van der Waals surface area (Å²) >= 11 is 3.58. The molecule has 2 aromatic rings. The molecule has 5 heteroatoms. The number of aromatic nitrogens is 2. The highest BCUT2D eigenvalue weighted by Crippen LogP contribution is 2.23. The van der Waals surface area contributed by atoms with Gasteiger partial charge in [0.15, 0.2) is 5.16 Å². The van der Waals surface area contributed by atoms with Crippen molar-refractivity contribution in [1.29, 1.82) is 0 Å². The lowest BCUT2D eigenvalue weighted by Gasteiger charge is -1.98. The van der Waals surface area contributed by atoms with Crippen molar-refractivity contribution in [2.45, 2.75) is 23.6 Å². The van der Waals surface area contributed by atoms with Gasteiger partial charge in [-0.1, -0.05) is 42.1 Å². The Morgan fingerprint density at radius 3 is 2.74 bits per heavy atom.